The van der Waals surface area contributed by atoms with Gasteiger partial charge in [-0.2, -0.15) is 0 Å². The molecule has 4 heteroatoms. The molecule has 2 heterocycles. The molecule has 1 aliphatic rings. The summed E-state index contributed by atoms with van der Waals surface area (Å²) in [4.78, 5) is 15.7. The van der Waals surface area contributed by atoms with E-state index >= 15 is 0 Å². The molecule has 0 amide bonds. The molecule has 7 aromatic carbocycles. The van der Waals surface area contributed by atoms with Gasteiger partial charge in [-0.1, -0.05) is 146 Å². The minimum Gasteiger partial charge on any atom is -0.455 e. The number of furan rings is 1. The Labute approximate surface area is 289 Å². The van der Waals surface area contributed by atoms with Crippen LogP contribution in [0, 0.1) is 5.92 Å². The molecule has 0 N–H and O–H groups in total. The molecule has 2 atom stereocenters. The van der Waals surface area contributed by atoms with Crippen LogP contribution in [0.25, 0.3) is 82.6 Å². The van der Waals surface area contributed by atoms with Gasteiger partial charge in [-0.25, -0.2) is 15.0 Å². The lowest BCUT2D eigenvalue weighted by Crippen LogP contribution is -2.14. The average molecular weight is 642 g/mol. The molecular formula is C46H31N3O. The maximum absolute atomic E-state index is 6.48. The number of nitrogens with zero attached hydrogens (tertiary/aromatic N) is 3. The third kappa shape index (κ3) is 4.56. The molecule has 0 radical (unpaired) electrons. The lowest BCUT2D eigenvalue weighted by Gasteiger charge is -2.23. The van der Waals surface area contributed by atoms with E-state index < -0.39 is 0 Å². The highest BCUT2D eigenvalue weighted by molar-refractivity contribution is 6.25. The predicted octanol–water partition coefficient (Wildman–Crippen LogP) is 11.9. The largest absolute Gasteiger partial charge is 0.455 e. The quantitative estimate of drug-likeness (QED) is 0.179. The number of benzene rings is 7. The molecule has 0 aliphatic heterocycles. The fourth-order valence-electron chi connectivity index (χ4n) is 7.73. The topological polar surface area (TPSA) is 51.8 Å². The van der Waals surface area contributed by atoms with E-state index in [0.29, 0.717) is 11.6 Å². The molecule has 50 heavy (non-hydrogen) atoms. The standard InChI is InChI=1S/C46H31N3O/c1-28-26-30(29-12-3-2-4-13-29)22-24-32(28)45-47-44(48-46(49-45)40-20-11-19-39-38-18-9-10-21-42(38)50-43(39)40)31-23-25-37-35-16-6-5-14-33(35)34-15-7-8-17-36(34)41(37)27-31/h2-28,32H,1H3. The molecule has 236 valence electrons. The second kappa shape index (κ2) is 11.4. The Kier molecular flexibility index (Phi) is 6.50. The van der Waals surface area contributed by atoms with Crippen LogP contribution >= 0.6 is 0 Å². The van der Waals surface area contributed by atoms with Gasteiger partial charge in [0.15, 0.2) is 11.6 Å². The Morgan fingerprint density at radius 2 is 1.12 bits per heavy atom. The third-order valence-corrected chi connectivity index (χ3v) is 10.2. The van der Waals surface area contributed by atoms with Crippen molar-refractivity contribution in [2.24, 2.45) is 5.92 Å². The minimum absolute atomic E-state index is 0.0249. The van der Waals surface area contributed by atoms with Crippen LogP contribution in [-0.2, 0) is 0 Å². The van der Waals surface area contributed by atoms with Crippen LogP contribution in [0.4, 0.5) is 0 Å². The minimum atomic E-state index is -0.0249. The van der Waals surface area contributed by atoms with Gasteiger partial charge in [-0.15, -0.1) is 0 Å². The molecule has 0 bridgehead atoms. The number of aromatic nitrogens is 3. The summed E-state index contributed by atoms with van der Waals surface area (Å²) in [6.45, 7) is 2.24. The first-order chi connectivity index (χ1) is 24.7. The van der Waals surface area contributed by atoms with E-state index in [9.17, 15) is 0 Å². The van der Waals surface area contributed by atoms with Gasteiger partial charge in [0.05, 0.1) is 5.56 Å². The Balaban J connectivity index is 1.19. The Morgan fingerprint density at radius 1 is 0.500 bits per heavy atom. The van der Waals surface area contributed by atoms with Gasteiger partial charge in [0.2, 0.25) is 0 Å². The van der Waals surface area contributed by atoms with Gasteiger partial charge >= 0.3 is 0 Å². The second-order valence-corrected chi connectivity index (χ2v) is 13.2. The number of rotatable bonds is 4. The summed E-state index contributed by atoms with van der Waals surface area (Å²) in [6, 6.07) is 48.9. The van der Waals surface area contributed by atoms with Gasteiger partial charge < -0.3 is 4.42 Å². The summed E-state index contributed by atoms with van der Waals surface area (Å²) in [5, 5.41) is 9.47. The van der Waals surface area contributed by atoms with Crippen molar-refractivity contribution in [1.82, 2.24) is 15.0 Å². The Bertz CT molecular complexity index is 2810. The third-order valence-electron chi connectivity index (χ3n) is 10.2. The molecule has 0 saturated heterocycles. The zero-order valence-corrected chi connectivity index (χ0v) is 27.4. The smallest absolute Gasteiger partial charge is 0.167 e. The van der Waals surface area contributed by atoms with E-state index in [1.54, 1.807) is 0 Å². The second-order valence-electron chi connectivity index (χ2n) is 13.2. The zero-order chi connectivity index (χ0) is 33.2. The molecule has 0 spiro atoms. The van der Waals surface area contributed by atoms with E-state index in [0.717, 1.165) is 38.9 Å². The molecule has 0 saturated carbocycles. The van der Waals surface area contributed by atoms with Crippen molar-refractivity contribution in [2.75, 3.05) is 0 Å². The number of fused-ring (bicyclic) bond motifs is 9. The lowest BCUT2D eigenvalue weighted by atomic mass is 9.84. The number of hydrogen-bond acceptors (Lipinski definition) is 4. The van der Waals surface area contributed by atoms with Gasteiger partial charge in [0.1, 0.15) is 17.0 Å². The molecule has 1 aliphatic carbocycles. The van der Waals surface area contributed by atoms with E-state index in [2.05, 4.69) is 146 Å². The molecule has 0 fully saturated rings. The van der Waals surface area contributed by atoms with E-state index in [-0.39, 0.29) is 11.8 Å². The maximum Gasteiger partial charge on any atom is 0.167 e. The highest BCUT2D eigenvalue weighted by atomic mass is 16.3. The van der Waals surface area contributed by atoms with Gasteiger partial charge in [0, 0.05) is 22.3 Å². The number of hydrogen-bond donors (Lipinski definition) is 0. The van der Waals surface area contributed by atoms with Crippen LogP contribution in [0.1, 0.15) is 24.2 Å². The summed E-state index contributed by atoms with van der Waals surface area (Å²) in [6.07, 6.45) is 6.78. The van der Waals surface area contributed by atoms with E-state index in [4.69, 9.17) is 19.4 Å². The average Bonchev–Trinajstić information content (AvgIpc) is 3.57. The first kappa shape index (κ1) is 28.6. The van der Waals surface area contributed by atoms with Crippen molar-refractivity contribution in [1.29, 1.82) is 0 Å². The van der Waals surface area contributed by atoms with Crippen LogP contribution in [-0.4, -0.2) is 15.0 Å². The van der Waals surface area contributed by atoms with Crippen molar-refractivity contribution in [3.63, 3.8) is 0 Å². The summed E-state index contributed by atoms with van der Waals surface area (Å²) in [5.74, 6) is 2.15. The van der Waals surface area contributed by atoms with Crippen molar-refractivity contribution >= 4 is 59.8 Å². The van der Waals surface area contributed by atoms with Crippen LogP contribution in [0.2, 0.25) is 0 Å². The molecule has 9 aromatic rings. The Morgan fingerprint density at radius 3 is 1.86 bits per heavy atom. The SMILES string of the molecule is CC1C=C(c2ccccc2)C=CC1c1nc(-c2ccc3c4ccccc4c4ccccc4c3c2)nc(-c2cccc3c2oc2ccccc23)n1. The van der Waals surface area contributed by atoms with Gasteiger partial charge in [-0.05, 0) is 67.6 Å². The summed E-state index contributed by atoms with van der Waals surface area (Å²) in [5.41, 5.74) is 5.86. The molecular weight excluding hydrogens is 611 g/mol. The van der Waals surface area contributed by atoms with Crippen LogP contribution in [0.3, 0.4) is 0 Å². The number of allylic oxidation sites excluding steroid dienone is 4. The highest BCUT2D eigenvalue weighted by Gasteiger charge is 2.25. The van der Waals surface area contributed by atoms with Crippen molar-refractivity contribution in [2.45, 2.75) is 12.8 Å². The summed E-state index contributed by atoms with van der Waals surface area (Å²) in [7, 11) is 0. The first-order valence-electron chi connectivity index (χ1n) is 17.2. The highest BCUT2D eigenvalue weighted by Crippen LogP contribution is 2.40. The van der Waals surface area contributed by atoms with E-state index in [1.165, 1.54) is 43.5 Å². The zero-order valence-electron chi connectivity index (χ0n) is 27.4. The first-order valence-corrected chi connectivity index (χ1v) is 17.2. The van der Waals surface area contributed by atoms with Gasteiger partial charge in [0.25, 0.3) is 0 Å². The fraction of sp³-hybridized carbons (Fsp3) is 0.0652. The normalized spacial score (nSPS) is 16.1. The molecule has 2 aromatic heterocycles. The maximum atomic E-state index is 6.48. The molecule has 2 unspecified atom stereocenters. The molecule has 4 nitrogen and oxygen atoms in total. The monoisotopic (exact) mass is 641 g/mol. The van der Waals surface area contributed by atoms with Crippen LogP contribution < -0.4 is 0 Å². The van der Waals surface area contributed by atoms with Crippen molar-refractivity contribution in [3.8, 4) is 22.8 Å². The van der Waals surface area contributed by atoms with Gasteiger partial charge in [-0.3, -0.25) is 0 Å². The summed E-state index contributed by atoms with van der Waals surface area (Å²) >= 11 is 0. The summed E-state index contributed by atoms with van der Waals surface area (Å²) < 4.78 is 6.48. The Hall–Kier alpha value is -6.39. The predicted molar refractivity (Wildman–Crippen MR) is 206 cm³/mol. The van der Waals surface area contributed by atoms with Crippen molar-refractivity contribution in [3.05, 3.63) is 169 Å². The van der Waals surface area contributed by atoms with E-state index in [1.807, 2.05) is 18.2 Å². The fourth-order valence-corrected chi connectivity index (χ4v) is 7.73. The van der Waals surface area contributed by atoms with Crippen LogP contribution in [0.15, 0.2) is 162 Å². The van der Waals surface area contributed by atoms with Crippen molar-refractivity contribution < 1.29 is 4.42 Å². The lowest BCUT2D eigenvalue weighted by molar-refractivity contribution is 0.602. The molecule has 10 rings (SSSR count). The number of para-hydroxylation sites is 2. The van der Waals surface area contributed by atoms with Crippen LogP contribution in [0.5, 0.6) is 0 Å².